The minimum absolute atomic E-state index is 0. The van der Waals surface area contributed by atoms with Gasteiger partial charge in [0.25, 0.3) is 16.4 Å². The van der Waals surface area contributed by atoms with E-state index in [0.29, 0.717) is 22.0 Å². The Morgan fingerprint density at radius 1 is 0.649 bits per heavy atom. The van der Waals surface area contributed by atoms with Crippen molar-refractivity contribution in [3.05, 3.63) is 168 Å². The number of ketones is 1. The molecule has 3 aromatic carbocycles. The summed E-state index contributed by atoms with van der Waals surface area (Å²) in [6.45, 7) is 6.00. The molecule has 0 amide bonds. The Balaban J connectivity index is 0.000000207. The molecule has 21 heteroatoms. The maximum absolute atomic E-state index is 12.9. The molecule has 0 radical (unpaired) electrons. The molecule has 8 aromatic rings. The zero-order valence-electron chi connectivity index (χ0n) is 42.0. The van der Waals surface area contributed by atoms with Crippen molar-refractivity contribution in [2.45, 2.75) is 76.3 Å². The summed E-state index contributed by atoms with van der Waals surface area (Å²) < 4.78 is 14.4. The van der Waals surface area contributed by atoms with E-state index in [1.165, 1.54) is 36.7 Å². The molecule has 6 aliphatic carbocycles. The van der Waals surface area contributed by atoms with E-state index >= 15 is 0 Å². The third-order valence-corrected chi connectivity index (χ3v) is 14.7. The van der Waals surface area contributed by atoms with E-state index < -0.39 is 5.24 Å². The largest absolute Gasteiger partial charge is 2.00 e. The van der Waals surface area contributed by atoms with Crippen LogP contribution in [0.25, 0.3) is 32.3 Å². The normalized spacial score (nSPS) is 19.5. The van der Waals surface area contributed by atoms with Crippen LogP contribution >= 0.6 is 34.2 Å². The van der Waals surface area contributed by atoms with Crippen LogP contribution in [0, 0.1) is 27.9 Å². The molecule has 15 rings (SSSR count). The van der Waals surface area contributed by atoms with Gasteiger partial charge in [0.05, 0.1) is 23.5 Å². The Kier molecular flexibility index (Phi) is 23.1. The average molecular weight is 1200 g/mol. The topological polar surface area (TPSA) is 171 Å². The van der Waals surface area contributed by atoms with Crippen molar-refractivity contribution in [1.29, 1.82) is 0 Å². The molecule has 5 aromatic heterocycles. The molecule has 4 bridgehead atoms. The van der Waals surface area contributed by atoms with E-state index in [2.05, 4.69) is 49.3 Å². The molecule has 1 aliphatic heterocycles. The van der Waals surface area contributed by atoms with Gasteiger partial charge in [-0.3, -0.25) is 24.0 Å². The molecule has 74 heavy (non-hydrogen) atoms. The van der Waals surface area contributed by atoms with Crippen LogP contribution in [0.15, 0.2) is 118 Å². The van der Waals surface area contributed by atoms with Crippen molar-refractivity contribution < 1.29 is 39.1 Å². The van der Waals surface area contributed by atoms with Crippen molar-refractivity contribution in [2.24, 2.45) is 33.0 Å². The summed E-state index contributed by atoms with van der Waals surface area (Å²) in [6, 6.07) is 25.1. The summed E-state index contributed by atoms with van der Waals surface area (Å²) in [5, 5.41) is 20.0. The minimum atomic E-state index is -0.530. The van der Waals surface area contributed by atoms with Gasteiger partial charge in [0.2, 0.25) is 11.3 Å². The van der Waals surface area contributed by atoms with E-state index in [1.54, 1.807) is 85.5 Å². The van der Waals surface area contributed by atoms with Crippen molar-refractivity contribution in [2.75, 3.05) is 13.2 Å². The van der Waals surface area contributed by atoms with Crippen LogP contribution in [0.5, 0.6) is 0 Å². The van der Waals surface area contributed by atoms with Gasteiger partial charge in [-0.15, -0.1) is 45.9 Å². The molecule has 380 valence electrons. The second-order valence-corrected chi connectivity index (χ2v) is 20.2. The van der Waals surface area contributed by atoms with Gasteiger partial charge in [-0.2, -0.15) is 13.8 Å². The molecule has 0 atom stereocenters. The average Bonchev–Trinajstić information content (AvgIpc) is 4.13. The van der Waals surface area contributed by atoms with Gasteiger partial charge in [0, 0.05) is 72.0 Å². The second kappa shape index (κ2) is 27.4. The zero-order valence-corrected chi connectivity index (χ0v) is 49.3. The number of hydrogen-bond donors (Lipinski definition) is 0. The van der Waals surface area contributed by atoms with Gasteiger partial charge in [0.1, 0.15) is 0 Å². The third kappa shape index (κ3) is 13.4. The molecule has 7 fully saturated rings. The molecule has 0 unspecified atom stereocenters. The van der Waals surface area contributed by atoms with Crippen LogP contribution in [0.4, 0.5) is 0 Å². The third-order valence-electron chi connectivity index (χ3n) is 13.6. The smallest absolute Gasteiger partial charge is 1.00 e. The van der Waals surface area contributed by atoms with E-state index in [9.17, 15) is 24.0 Å². The van der Waals surface area contributed by atoms with Gasteiger partial charge in [-0.05, 0) is 145 Å². The first kappa shape index (κ1) is 62.5. The number of hydrogen-bond acceptors (Lipinski definition) is 10. The maximum Gasteiger partial charge on any atom is 2.00 e. The van der Waals surface area contributed by atoms with E-state index in [0.717, 1.165) is 69.4 Å². The van der Waals surface area contributed by atoms with E-state index in [1.807, 2.05) is 78.2 Å². The predicted molar refractivity (Wildman–Crippen MR) is 291 cm³/mol. The minimum Gasteiger partial charge on any atom is -1.00 e. The molecule has 7 aliphatic rings. The van der Waals surface area contributed by atoms with Gasteiger partial charge < -0.3 is 49.7 Å². The summed E-state index contributed by atoms with van der Waals surface area (Å²) in [4.78, 5) is 59.0. The monoisotopic (exact) mass is 1190 g/mol. The fourth-order valence-electron chi connectivity index (χ4n) is 9.39. The van der Waals surface area contributed by atoms with Crippen molar-refractivity contribution in [1.82, 2.24) is 43.7 Å². The Morgan fingerprint density at radius 2 is 1.09 bits per heavy atom. The van der Waals surface area contributed by atoms with Crippen molar-refractivity contribution in [3.63, 3.8) is 0 Å². The second-order valence-electron chi connectivity index (χ2n) is 18.7. The number of benzene rings is 3. The quantitative estimate of drug-likeness (QED) is 0.0815. The summed E-state index contributed by atoms with van der Waals surface area (Å²) in [6.07, 6.45) is 20.2. The van der Waals surface area contributed by atoms with Crippen molar-refractivity contribution in [3.8, 4) is 0 Å². The number of aromatic nitrogens is 9. The number of rotatable bonds is 5. The Bertz CT molecular complexity index is 3370. The van der Waals surface area contributed by atoms with Crippen LogP contribution < -0.4 is 41.5 Å². The van der Waals surface area contributed by atoms with Gasteiger partial charge >= 0.3 is 46.1 Å². The number of carbonyl (C=O) groups is 2. The molecule has 6 saturated carbocycles. The number of pyridine rings is 3. The molecule has 0 spiro atoms. The molecular weight excluding hydrogens is 1140 g/mol. The Morgan fingerprint density at radius 3 is 1.57 bits per heavy atom. The van der Waals surface area contributed by atoms with Crippen molar-refractivity contribution >= 4 is 124 Å². The number of aryl methyl sites for hydroxylation is 3. The van der Waals surface area contributed by atoms with Crippen LogP contribution in [0.3, 0.4) is 0 Å². The maximum atomic E-state index is 12.9. The van der Waals surface area contributed by atoms with Gasteiger partial charge in [-0.25, -0.2) is 9.36 Å². The van der Waals surface area contributed by atoms with E-state index in [4.69, 9.17) is 16.3 Å². The first-order valence-corrected chi connectivity index (χ1v) is 24.8. The molecule has 15 nitrogen and oxygen atoms in total. The molecule has 6 heterocycles. The number of fused-ring (bicyclic) bond motifs is 3. The molecule has 1 saturated heterocycles. The van der Waals surface area contributed by atoms with Crippen LogP contribution in [-0.4, -0.2) is 114 Å². The zero-order chi connectivity index (χ0) is 49.7. The number of nitrogens with zero attached hydrogens (tertiary/aromatic N) is 9. The van der Waals surface area contributed by atoms with Crippen LogP contribution in [0.2, 0.25) is 0 Å². The number of carbonyl (C=O) groups excluding carboxylic acids is 2. The standard InChI is InChI=1S/C18H16N4O2.C10H8INO.C10H8NO.C8H8ClN3O.C4H8O.C3H7.2ClH.2Mg/c1-21-6-5-12-13(3-2-4-14(12)17(21)24)16(23)15-10-22(20-19-15)18-7-11(8-18)9-18;1-12-6-5-7-8(10(12)13)3-2-4-9(7)11;1-11-7-6-8-4-2-3-5-9(8)10(11)12;9-7(13)6-4-12(11-10-6)8-1-5(2-8)3-8;1-2-4-5-3-1;1-3-2;;;;/h2-6,10-11H,7-9H2,1H3;2-6H,1H3;2-3,5-7H,1H3;4-5H,1-3H2;1-4H2;3H,1-2H3;2*1H;;/q;;-1;;;-1;;;2*+2/p-2. The fourth-order valence-corrected chi connectivity index (χ4v) is 10.2. The van der Waals surface area contributed by atoms with E-state index in [-0.39, 0.29) is 110 Å². The number of halogens is 4. The molecule has 0 N–H and O–H groups in total. The number of ether oxygens (including phenoxy) is 1. The van der Waals surface area contributed by atoms with Gasteiger partial charge in [-0.1, -0.05) is 28.6 Å². The summed E-state index contributed by atoms with van der Waals surface area (Å²) in [5.41, 5.74) is 1.39. The van der Waals surface area contributed by atoms with Crippen LogP contribution in [-0.2, 0) is 37.0 Å². The first-order valence-electron chi connectivity index (χ1n) is 23.4. The fraction of sp³-hybridized carbons (Fsp3) is 0.358. The van der Waals surface area contributed by atoms with Gasteiger partial charge in [0.15, 0.2) is 11.4 Å². The first-order chi connectivity index (χ1) is 33.7. The summed E-state index contributed by atoms with van der Waals surface area (Å²) >= 11 is 7.52. The SMILES string of the molecule is C1CCOC1.C[CH-]C.Cn1ccc2[c-]cccc2c1=O.Cn1ccc2c(C(=O)c3cn(C45CC(C4)C5)nn3)cccc2c1=O.Cn1ccc2c(I)cccc2c1=O.O=C(Cl)c1cn(C23CC(C2)C3)nn1.[Cl-].[Cl-].[Mg+2].[Mg+2]. The Hall–Kier alpha value is -4.00. The summed E-state index contributed by atoms with van der Waals surface area (Å²) in [5.74, 6) is 1.54. The predicted octanol–water partition coefficient (Wildman–Crippen LogP) is 1.79. The van der Waals surface area contributed by atoms with Crippen LogP contribution in [0.1, 0.15) is 91.8 Å². The summed E-state index contributed by atoms with van der Waals surface area (Å²) in [7, 11) is 5.21. The Labute approximate surface area is 492 Å². The molecular formula is C53H55Cl3IMg2N9O6.